The molecule has 102 valence electrons. The van der Waals surface area contributed by atoms with Gasteiger partial charge in [0.15, 0.2) is 11.5 Å². The van der Waals surface area contributed by atoms with E-state index in [2.05, 4.69) is 15.9 Å². The van der Waals surface area contributed by atoms with Gasteiger partial charge in [-0.3, -0.25) is 14.9 Å². The van der Waals surface area contributed by atoms with E-state index in [1.807, 2.05) is 0 Å². The van der Waals surface area contributed by atoms with Crippen LogP contribution in [0.4, 0.5) is 0 Å². The van der Waals surface area contributed by atoms with Gasteiger partial charge in [0, 0.05) is 12.5 Å². The molecule has 0 saturated heterocycles. The van der Waals surface area contributed by atoms with Crippen molar-refractivity contribution in [3.05, 3.63) is 38.5 Å². The summed E-state index contributed by atoms with van der Waals surface area (Å²) in [6.07, 6.45) is 2.37. The van der Waals surface area contributed by atoms with Crippen LogP contribution in [0, 0.1) is 10.1 Å². The Morgan fingerprint density at radius 1 is 1.53 bits per heavy atom. The van der Waals surface area contributed by atoms with E-state index in [-0.39, 0.29) is 12.2 Å². The Labute approximate surface area is 118 Å². The maximum Gasteiger partial charge on any atom is 0.311 e. The fraction of sp³-hybridized carbons (Fsp3) is 0.250. The predicted octanol–water partition coefficient (Wildman–Crippen LogP) is 3.02. The summed E-state index contributed by atoms with van der Waals surface area (Å²) in [7, 11) is 1.42. The zero-order valence-electron chi connectivity index (χ0n) is 10.4. The Kier molecular flexibility index (Phi) is 5.50. The molecule has 0 saturated carbocycles. The van der Waals surface area contributed by atoms with Gasteiger partial charge in [0.25, 0.3) is 0 Å². The molecule has 0 aliphatic rings. The quantitative estimate of drug-likeness (QED) is 0.359. The van der Waals surface area contributed by atoms with E-state index in [4.69, 9.17) is 9.47 Å². The summed E-state index contributed by atoms with van der Waals surface area (Å²) in [6, 6.07) is 3.14. The van der Waals surface area contributed by atoms with Gasteiger partial charge in [0.05, 0.1) is 16.5 Å². The molecule has 0 N–H and O–H groups in total. The summed E-state index contributed by atoms with van der Waals surface area (Å²) in [4.78, 5) is 21.0. The van der Waals surface area contributed by atoms with Gasteiger partial charge >= 0.3 is 5.97 Å². The molecule has 0 unspecified atom stereocenters. The van der Waals surface area contributed by atoms with Crippen LogP contribution in [0.1, 0.15) is 18.9 Å². The van der Waals surface area contributed by atoms with E-state index < -0.39 is 10.9 Å². The molecule has 1 aromatic rings. The molecule has 1 rings (SSSR count). The fourth-order valence-electron chi connectivity index (χ4n) is 1.27. The number of rotatable bonds is 5. The summed E-state index contributed by atoms with van der Waals surface area (Å²) < 4.78 is 10.7. The molecule has 0 aliphatic carbocycles. The summed E-state index contributed by atoms with van der Waals surface area (Å²) in [5.74, 6) is 0.180. The van der Waals surface area contributed by atoms with Crippen molar-refractivity contribution >= 4 is 28.0 Å². The third-order valence-electron chi connectivity index (χ3n) is 2.15. The molecule has 0 atom stereocenters. The first-order chi connectivity index (χ1) is 8.97. The number of halogens is 1. The van der Waals surface area contributed by atoms with Gasteiger partial charge in [-0.2, -0.15) is 0 Å². The number of benzene rings is 1. The number of nitro groups is 1. The molecule has 0 bridgehead atoms. The zero-order valence-corrected chi connectivity index (χ0v) is 12.0. The first kappa shape index (κ1) is 15.2. The second-order valence-electron chi connectivity index (χ2n) is 3.46. The fourth-order valence-corrected chi connectivity index (χ4v) is 1.81. The van der Waals surface area contributed by atoms with Crippen molar-refractivity contribution in [2.24, 2.45) is 0 Å². The zero-order chi connectivity index (χ0) is 14.4. The van der Waals surface area contributed by atoms with Crippen LogP contribution in [0.5, 0.6) is 11.5 Å². The second kappa shape index (κ2) is 6.89. The topological polar surface area (TPSA) is 78.7 Å². The van der Waals surface area contributed by atoms with Crippen LogP contribution < -0.4 is 9.47 Å². The number of carbonyl (C=O) groups excluding carboxylic acids is 1. The molecule has 1 aromatic carbocycles. The third-order valence-corrected chi connectivity index (χ3v) is 2.73. The van der Waals surface area contributed by atoms with Gasteiger partial charge < -0.3 is 9.47 Å². The number of hydrogen-bond acceptors (Lipinski definition) is 5. The molecule has 0 spiro atoms. The lowest BCUT2D eigenvalue weighted by atomic mass is 10.2. The Bertz CT molecular complexity index is 527. The largest absolute Gasteiger partial charge is 0.493 e. The first-order valence-electron chi connectivity index (χ1n) is 5.37. The van der Waals surface area contributed by atoms with Gasteiger partial charge in [-0.1, -0.05) is 6.92 Å². The highest BCUT2D eigenvalue weighted by atomic mass is 79.9. The molecular formula is C12H12BrNO5. The third kappa shape index (κ3) is 4.36. The normalized spacial score (nSPS) is 10.5. The first-order valence-corrected chi connectivity index (χ1v) is 6.17. The Morgan fingerprint density at radius 2 is 2.21 bits per heavy atom. The van der Waals surface area contributed by atoms with Crippen molar-refractivity contribution < 1.29 is 19.2 Å². The maximum absolute atomic E-state index is 11.3. The summed E-state index contributed by atoms with van der Waals surface area (Å²) >= 11 is 3.24. The van der Waals surface area contributed by atoms with Crippen molar-refractivity contribution in [3.8, 4) is 11.5 Å². The summed E-state index contributed by atoms with van der Waals surface area (Å²) in [6.45, 7) is 1.68. The van der Waals surface area contributed by atoms with Crippen LogP contribution in [-0.4, -0.2) is 18.0 Å². The van der Waals surface area contributed by atoms with Crippen LogP contribution in [-0.2, 0) is 4.79 Å². The lowest BCUT2D eigenvalue weighted by Gasteiger charge is -2.11. The minimum atomic E-state index is -0.564. The van der Waals surface area contributed by atoms with Gasteiger partial charge in [-0.05, 0) is 33.6 Å². The highest BCUT2D eigenvalue weighted by Gasteiger charge is 2.14. The molecule has 0 radical (unpaired) electrons. The molecule has 0 aromatic heterocycles. The minimum Gasteiger partial charge on any atom is -0.493 e. The van der Waals surface area contributed by atoms with E-state index in [1.165, 1.54) is 13.2 Å². The lowest BCUT2D eigenvalue weighted by molar-refractivity contribution is -0.400. The molecule has 0 fully saturated rings. The Balaban J connectivity index is 3.14. The smallest absolute Gasteiger partial charge is 0.311 e. The number of esters is 1. The highest BCUT2D eigenvalue weighted by Crippen LogP contribution is 2.37. The average molecular weight is 330 g/mol. The number of carbonyl (C=O) groups is 1. The van der Waals surface area contributed by atoms with E-state index in [0.29, 0.717) is 15.8 Å². The van der Waals surface area contributed by atoms with Gasteiger partial charge in [0.1, 0.15) is 0 Å². The summed E-state index contributed by atoms with van der Waals surface area (Å²) in [5.41, 5.74) is 0.553. The number of hydrogen-bond donors (Lipinski definition) is 0. The van der Waals surface area contributed by atoms with Crippen molar-refractivity contribution in [1.29, 1.82) is 0 Å². The second-order valence-corrected chi connectivity index (χ2v) is 4.32. The number of ether oxygens (including phenoxy) is 2. The number of methoxy groups -OCH3 is 1. The Hall–Kier alpha value is -1.89. The maximum atomic E-state index is 11.3. The molecule has 19 heavy (non-hydrogen) atoms. The van der Waals surface area contributed by atoms with Crippen LogP contribution in [0.3, 0.4) is 0 Å². The van der Waals surface area contributed by atoms with E-state index in [0.717, 1.165) is 6.20 Å². The van der Waals surface area contributed by atoms with Crippen LogP contribution in [0.25, 0.3) is 6.08 Å². The van der Waals surface area contributed by atoms with Crippen LogP contribution in [0.2, 0.25) is 0 Å². The summed E-state index contributed by atoms with van der Waals surface area (Å²) in [5, 5.41) is 10.3. The standard InChI is InChI=1S/C12H12BrNO5/c1-3-11(15)19-12-9(13)6-8(4-5-14(16)17)7-10(12)18-2/h4-7H,3H2,1-2H3. The predicted molar refractivity (Wildman–Crippen MR) is 72.6 cm³/mol. The van der Waals surface area contributed by atoms with E-state index in [1.54, 1.807) is 19.1 Å². The average Bonchev–Trinajstić information content (AvgIpc) is 2.38. The SMILES string of the molecule is CCC(=O)Oc1c(Br)cc(C=C[N+](=O)[O-])cc1OC. The lowest BCUT2D eigenvalue weighted by Crippen LogP contribution is -2.07. The highest BCUT2D eigenvalue weighted by molar-refractivity contribution is 9.10. The minimum absolute atomic E-state index is 0.235. The Morgan fingerprint density at radius 3 is 2.74 bits per heavy atom. The molecule has 6 nitrogen and oxygen atoms in total. The van der Waals surface area contributed by atoms with Crippen molar-refractivity contribution in [1.82, 2.24) is 0 Å². The van der Waals surface area contributed by atoms with Crippen LogP contribution >= 0.6 is 15.9 Å². The van der Waals surface area contributed by atoms with Crippen molar-refractivity contribution in [2.75, 3.05) is 7.11 Å². The molecule has 0 aliphatic heterocycles. The monoisotopic (exact) mass is 329 g/mol. The molecule has 0 amide bonds. The molecule has 0 heterocycles. The van der Waals surface area contributed by atoms with Gasteiger partial charge in [-0.15, -0.1) is 0 Å². The molecule has 7 heteroatoms. The number of nitrogens with zero attached hydrogens (tertiary/aromatic N) is 1. The van der Waals surface area contributed by atoms with Crippen molar-refractivity contribution in [2.45, 2.75) is 13.3 Å². The molecular weight excluding hydrogens is 318 g/mol. The van der Waals surface area contributed by atoms with Gasteiger partial charge in [0.2, 0.25) is 6.20 Å². The van der Waals surface area contributed by atoms with Crippen molar-refractivity contribution in [3.63, 3.8) is 0 Å². The van der Waals surface area contributed by atoms with Gasteiger partial charge in [-0.25, -0.2) is 0 Å². The van der Waals surface area contributed by atoms with Crippen LogP contribution in [0.15, 0.2) is 22.8 Å². The van der Waals surface area contributed by atoms with E-state index >= 15 is 0 Å². The van der Waals surface area contributed by atoms with E-state index in [9.17, 15) is 14.9 Å².